The summed E-state index contributed by atoms with van der Waals surface area (Å²) in [5.74, 6) is 0.289. The second-order valence-corrected chi connectivity index (χ2v) is 3.87. The molecule has 0 spiro atoms. The first kappa shape index (κ1) is 9.25. The number of aryl methyl sites for hydroxylation is 1. The van der Waals surface area contributed by atoms with E-state index in [1.54, 1.807) is 0 Å². The van der Waals surface area contributed by atoms with Crippen LogP contribution in [-0.4, -0.2) is 5.91 Å². The molecule has 1 amide bonds. The average Bonchev–Trinajstić information content (AvgIpc) is 2.25. The van der Waals surface area contributed by atoms with Crippen molar-refractivity contribution in [1.29, 1.82) is 0 Å². The average molecular weight is 189 g/mol. The van der Waals surface area contributed by atoms with Crippen molar-refractivity contribution in [3.8, 4) is 0 Å². The third kappa shape index (κ3) is 1.41. The number of amides is 1. The molecule has 1 fully saturated rings. The van der Waals surface area contributed by atoms with Crippen LogP contribution in [0.15, 0.2) is 24.3 Å². The summed E-state index contributed by atoms with van der Waals surface area (Å²) in [5.41, 5.74) is 2.56. The van der Waals surface area contributed by atoms with Gasteiger partial charge in [-0.1, -0.05) is 38.1 Å². The largest absolute Gasteiger partial charge is 0.348 e. The second kappa shape index (κ2) is 3.45. The van der Waals surface area contributed by atoms with Gasteiger partial charge in [0.2, 0.25) is 5.91 Å². The van der Waals surface area contributed by atoms with Crippen LogP contribution in [0.1, 0.15) is 31.0 Å². The Hall–Kier alpha value is -1.31. The van der Waals surface area contributed by atoms with Gasteiger partial charge in [0.1, 0.15) is 0 Å². The van der Waals surface area contributed by atoms with Crippen molar-refractivity contribution < 1.29 is 4.79 Å². The van der Waals surface area contributed by atoms with E-state index >= 15 is 0 Å². The van der Waals surface area contributed by atoms with Crippen molar-refractivity contribution in [3.05, 3.63) is 35.4 Å². The lowest BCUT2D eigenvalue weighted by atomic mass is 9.86. The van der Waals surface area contributed by atoms with Crippen LogP contribution in [0, 0.1) is 5.92 Å². The van der Waals surface area contributed by atoms with Gasteiger partial charge in [0.05, 0.1) is 12.0 Å². The Morgan fingerprint density at radius 1 is 1.29 bits per heavy atom. The Kier molecular flexibility index (Phi) is 2.28. The maximum absolute atomic E-state index is 11.0. The minimum atomic E-state index is 0.127. The van der Waals surface area contributed by atoms with Crippen molar-refractivity contribution in [3.63, 3.8) is 0 Å². The zero-order valence-electron chi connectivity index (χ0n) is 8.58. The molecule has 14 heavy (non-hydrogen) atoms. The summed E-state index contributed by atoms with van der Waals surface area (Å²) in [6.45, 7) is 4.11. The minimum absolute atomic E-state index is 0.127. The molecule has 1 aromatic rings. The topological polar surface area (TPSA) is 29.1 Å². The Labute approximate surface area is 84.3 Å². The fraction of sp³-hybridized carbons (Fsp3) is 0.417. The highest BCUT2D eigenvalue weighted by Gasteiger charge is 2.35. The number of rotatable bonds is 2. The van der Waals surface area contributed by atoms with Crippen LogP contribution in [-0.2, 0) is 11.2 Å². The fourth-order valence-electron chi connectivity index (χ4n) is 1.80. The minimum Gasteiger partial charge on any atom is -0.348 e. The highest BCUT2D eigenvalue weighted by atomic mass is 16.2. The van der Waals surface area contributed by atoms with Crippen LogP contribution < -0.4 is 5.32 Å². The zero-order valence-corrected chi connectivity index (χ0v) is 8.58. The molecular weight excluding hydrogens is 174 g/mol. The van der Waals surface area contributed by atoms with Crippen LogP contribution in [0.4, 0.5) is 0 Å². The smallest absolute Gasteiger partial charge is 0.225 e. The van der Waals surface area contributed by atoms with E-state index in [1.807, 2.05) is 6.92 Å². The number of benzene rings is 1. The summed E-state index contributed by atoms with van der Waals surface area (Å²) in [6, 6.07) is 8.71. The van der Waals surface area contributed by atoms with E-state index in [0.29, 0.717) is 0 Å². The first-order valence-electron chi connectivity index (χ1n) is 5.11. The zero-order chi connectivity index (χ0) is 10.1. The Morgan fingerprint density at radius 3 is 2.36 bits per heavy atom. The first-order valence-corrected chi connectivity index (χ1v) is 5.11. The molecule has 1 saturated heterocycles. The molecule has 1 aromatic carbocycles. The molecule has 0 aliphatic carbocycles. The van der Waals surface area contributed by atoms with Gasteiger partial charge in [-0.2, -0.15) is 0 Å². The molecule has 1 aliphatic rings. The molecule has 2 unspecified atom stereocenters. The summed E-state index contributed by atoms with van der Waals surface area (Å²) < 4.78 is 0. The Morgan fingerprint density at radius 2 is 1.93 bits per heavy atom. The second-order valence-electron chi connectivity index (χ2n) is 3.87. The maximum atomic E-state index is 11.0. The van der Waals surface area contributed by atoms with Gasteiger partial charge in [0, 0.05) is 0 Å². The number of carbonyl (C=O) groups is 1. The van der Waals surface area contributed by atoms with Gasteiger partial charge >= 0.3 is 0 Å². The number of hydrogen-bond donors (Lipinski definition) is 1. The lowest BCUT2D eigenvalue weighted by Gasteiger charge is -2.34. The normalized spacial score (nSPS) is 25.4. The van der Waals surface area contributed by atoms with Crippen molar-refractivity contribution >= 4 is 5.91 Å². The van der Waals surface area contributed by atoms with Gasteiger partial charge in [-0.05, 0) is 17.5 Å². The van der Waals surface area contributed by atoms with Gasteiger partial charge in [0.25, 0.3) is 0 Å². The van der Waals surface area contributed by atoms with Crippen molar-refractivity contribution in [2.45, 2.75) is 26.3 Å². The van der Waals surface area contributed by atoms with E-state index in [-0.39, 0.29) is 17.9 Å². The summed E-state index contributed by atoms with van der Waals surface area (Å²) in [7, 11) is 0. The molecule has 0 bridgehead atoms. The predicted molar refractivity (Wildman–Crippen MR) is 55.9 cm³/mol. The molecule has 0 radical (unpaired) electrons. The maximum Gasteiger partial charge on any atom is 0.225 e. The van der Waals surface area contributed by atoms with Gasteiger partial charge in [-0.15, -0.1) is 0 Å². The van der Waals surface area contributed by atoms with Gasteiger partial charge in [-0.25, -0.2) is 0 Å². The van der Waals surface area contributed by atoms with Gasteiger partial charge in [-0.3, -0.25) is 4.79 Å². The van der Waals surface area contributed by atoms with Crippen molar-refractivity contribution in [2.75, 3.05) is 0 Å². The lowest BCUT2D eigenvalue weighted by molar-refractivity contribution is -0.134. The molecular formula is C12H15NO. The van der Waals surface area contributed by atoms with Crippen LogP contribution in [0.5, 0.6) is 0 Å². The molecule has 0 aromatic heterocycles. The van der Waals surface area contributed by atoms with Gasteiger partial charge in [0.15, 0.2) is 0 Å². The SMILES string of the molecule is CCc1ccc(C2NC(=O)C2C)cc1. The summed E-state index contributed by atoms with van der Waals surface area (Å²) in [5, 5.41) is 2.91. The highest BCUT2D eigenvalue weighted by Crippen LogP contribution is 2.29. The third-order valence-electron chi connectivity index (χ3n) is 2.96. The van der Waals surface area contributed by atoms with Crippen molar-refractivity contribution in [1.82, 2.24) is 5.32 Å². The molecule has 2 heteroatoms. The summed E-state index contributed by atoms with van der Waals surface area (Å²) in [4.78, 5) is 11.0. The van der Waals surface area contributed by atoms with Gasteiger partial charge < -0.3 is 5.32 Å². The summed E-state index contributed by atoms with van der Waals surface area (Å²) >= 11 is 0. The first-order chi connectivity index (χ1) is 6.72. The predicted octanol–water partition coefficient (Wildman–Crippen LogP) is 2.06. The molecule has 1 aliphatic heterocycles. The number of carbonyl (C=O) groups excluding carboxylic acids is 1. The van der Waals surface area contributed by atoms with Crippen LogP contribution in [0.3, 0.4) is 0 Å². The van der Waals surface area contributed by atoms with Crippen molar-refractivity contribution in [2.24, 2.45) is 5.92 Å². The van der Waals surface area contributed by atoms with E-state index < -0.39 is 0 Å². The molecule has 2 nitrogen and oxygen atoms in total. The van der Waals surface area contributed by atoms with E-state index in [2.05, 4.69) is 36.5 Å². The van der Waals surface area contributed by atoms with E-state index in [1.165, 1.54) is 11.1 Å². The third-order valence-corrected chi connectivity index (χ3v) is 2.96. The summed E-state index contributed by atoms with van der Waals surface area (Å²) in [6.07, 6.45) is 1.06. The highest BCUT2D eigenvalue weighted by molar-refractivity contribution is 5.85. The van der Waals surface area contributed by atoms with E-state index in [9.17, 15) is 4.79 Å². The Balaban J connectivity index is 2.14. The molecule has 1 N–H and O–H groups in total. The molecule has 2 atom stereocenters. The fourth-order valence-corrected chi connectivity index (χ4v) is 1.80. The number of β-lactam (4-membered cyclic amide) rings is 1. The van der Waals surface area contributed by atoms with Crippen LogP contribution in [0.2, 0.25) is 0 Å². The van der Waals surface area contributed by atoms with Crippen LogP contribution >= 0.6 is 0 Å². The Bertz CT molecular complexity index is 342. The standard InChI is InChI=1S/C12H15NO/c1-3-9-4-6-10(7-5-9)11-8(2)12(14)13-11/h4-8,11H,3H2,1-2H3,(H,13,14). The van der Waals surface area contributed by atoms with E-state index in [0.717, 1.165) is 6.42 Å². The monoisotopic (exact) mass is 189 g/mol. The lowest BCUT2D eigenvalue weighted by Crippen LogP contribution is -2.49. The van der Waals surface area contributed by atoms with Crippen LogP contribution in [0.25, 0.3) is 0 Å². The molecule has 2 rings (SSSR count). The molecule has 1 heterocycles. The van der Waals surface area contributed by atoms with E-state index in [4.69, 9.17) is 0 Å². The number of nitrogens with one attached hydrogen (secondary N) is 1. The number of hydrogen-bond acceptors (Lipinski definition) is 1. The molecule has 74 valence electrons. The molecule has 0 saturated carbocycles. The quantitative estimate of drug-likeness (QED) is 0.709.